The van der Waals surface area contributed by atoms with Gasteiger partial charge >= 0.3 is 0 Å². The summed E-state index contributed by atoms with van der Waals surface area (Å²) < 4.78 is 0.895. The predicted octanol–water partition coefficient (Wildman–Crippen LogP) is 4.62. The molecule has 0 unspecified atom stereocenters. The molecule has 1 aromatic heterocycles. The number of thioether (sulfide) groups is 1. The van der Waals surface area contributed by atoms with Crippen LogP contribution in [0.25, 0.3) is 0 Å². The minimum absolute atomic E-state index is 0.646. The number of anilines is 1. The molecule has 0 saturated carbocycles. The van der Waals surface area contributed by atoms with E-state index < -0.39 is 0 Å². The molecule has 1 heterocycles. The number of hydrogen-bond donors (Lipinski definition) is 1. The molecule has 0 atom stereocenters. The van der Waals surface area contributed by atoms with Crippen LogP contribution in [0.1, 0.15) is 12.5 Å². The van der Waals surface area contributed by atoms with E-state index in [2.05, 4.69) is 31.2 Å². The Kier molecular flexibility index (Phi) is 5.48. The van der Waals surface area contributed by atoms with Gasteiger partial charge in [-0.15, -0.1) is 11.8 Å². The normalized spacial score (nSPS) is 10.5. The molecule has 0 aliphatic heterocycles. The van der Waals surface area contributed by atoms with Gasteiger partial charge in [0.2, 0.25) is 5.95 Å². The van der Waals surface area contributed by atoms with Gasteiger partial charge < -0.3 is 5.32 Å². The van der Waals surface area contributed by atoms with Crippen LogP contribution >= 0.6 is 39.3 Å². The second-order valence-electron chi connectivity index (χ2n) is 3.76. The molecule has 0 aliphatic rings. The number of benzene rings is 1. The molecule has 100 valence electrons. The monoisotopic (exact) mass is 357 g/mol. The van der Waals surface area contributed by atoms with Crippen molar-refractivity contribution in [3.8, 4) is 0 Å². The second-order valence-corrected chi connectivity index (χ2v) is 5.98. The zero-order valence-electron chi connectivity index (χ0n) is 10.4. The van der Waals surface area contributed by atoms with E-state index in [1.807, 2.05) is 31.2 Å². The molecule has 6 heteroatoms. The first-order valence-electron chi connectivity index (χ1n) is 5.83. The molecule has 19 heavy (non-hydrogen) atoms. The molecule has 0 fully saturated rings. The Morgan fingerprint density at radius 1 is 1.37 bits per heavy atom. The molecule has 2 rings (SSSR count). The SMILES string of the molecule is CCNc1ncc(Br)c(SCc2ccccc2Cl)n1. The van der Waals surface area contributed by atoms with Crippen LogP contribution in [0, 0.1) is 0 Å². The average molecular weight is 359 g/mol. The van der Waals surface area contributed by atoms with E-state index in [-0.39, 0.29) is 0 Å². The number of halogens is 2. The number of aromatic nitrogens is 2. The summed E-state index contributed by atoms with van der Waals surface area (Å²) >= 11 is 11.2. The number of hydrogen-bond acceptors (Lipinski definition) is 4. The van der Waals surface area contributed by atoms with E-state index in [4.69, 9.17) is 11.6 Å². The molecule has 2 aromatic rings. The van der Waals surface area contributed by atoms with Gasteiger partial charge in [0.15, 0.2) is 0 Å². The molecule has 0 amide bonds. The molecule has 1 N–H and O–H groups in total. The zero-order chi connectivity index (χ0) is 13.7. The maximum Gasteiger partial charge on any atom is 0.223 e. The third-order valence-electron chi connectivity index (χ3n) is 2.37. The molecular formula is C13H13BrClN3S. The molecule has 0 aliphatic carbocycles. The Hall–Kier alpha value is -0.780. The van der Waals surface area contributed by atoms with Crippen molar-refractivity contribution < 1.29 is 0 Å². The largest absolute Gasteiger partial charge is 0.354 e. The van der Waals surface area contributed by atoms with Crippen LogP contribution in [-0.4, -0.2) is 16.5 Å². The maximum absolute atomic E-state index is 6.14. The van der Waals surface area contributed by atoms with E-state index in [0.29, 0.717) is 5.95 Å². The molecule has 0 radical (unpaired) electrons. The Bertz CT molecular complexity index is 565. The van der Waals surface area contributed by atoms with Crippen LogP contribution < -0.4 is 5.32 Å². The lowest BCUT2D eigenvalue weighted by molar-refractivity contribution is 0.999. The van der Waals surface area contributed by atoms with Gasteiger partial charge in [-0.3, -0.25) is 0 Å². The third-order valence-corrected chi connectivity index (χ3v) is 4.62. The van der Waals surface area contributed by atoms with Gasteiger partial charge in [0.05, 0.1) is 4.47 Å². The van der Waals surface area contributed by atoms with Crippen molar-refractivity contribution in [2.24, 2.45) is 0 Å². The molecular weight excluding hydrogens is 346 g/mol. The third kappa shape index (κ3) is 4.09. The minimum Gasteiger partial charge on any atom is -0.354 e. The molecule has 0 bridgehead atoms. The van der Waals surface area contributed by atoms with Crippen molar-refractivity contribution in [2.45, 2.75) is 17.7 Å². The topological polar surface area (TPSA) is 37.8 Å². The fourth-order valence-corrected chi connectivity index (χ4v) is 3.16. The summed E-state index contributed by atoms with van der Waals surface area (Å²) in [6, 6.07) is 7.84. The van der Waals surface area contributed by atoms with Crippen molar-refractivity contribution in [2.75, 3.05) is 11.9 Å². The first-order valence-corrected chi connectivity index (χ1v) is 7.99. The smallest absolute Gasteiger partial charge is 0.223 e. The lowest BCUT2D eigenvalue weighted by Crippen LogP contribution is -2.02. The average Bonchev–Trinajstić information content (AvgIpc) is 2.41. The van der Waals surface area contributed by atoms with Gasteiger partial charge in [0, 0.05) is 23.5 Å². The maximum atomic E-state index is 6.14. The van der Waals surface area contributed by atoms with Crippen molar-refractivity contribution in [3.63, 3.8) is 0 Å². The lowest BCUT2D eigenvalue weighted by Gasteiger charge is -2.07. The summed E-state index contributed by atoms with van der Waals surface area (Å²) in [4.78, 5) is 8.65. The highest BCUT2D eigenvalue weighted by atomic mass is 79.9. The van der Waals surface area contributed by atoms with Crippen molar-refractivity contribution >= 4 is 45.2 Å². The molecule has 0 spiro atoms. The highest BCUT2D eigenvalue weighted by Gasteiger charge is 2.07. The summed E-state index contributed by atoms with van der Waals surface area (Å²) in [5, 5.41) is 4.79. The standard InChI is InChI=1S/C13H13BrClN3S/c1-2-16-13-17-7-10(14)12(18-13)19-8-9-5-3-4-6-11(9)15/h3-7H,2,8H2,1H3,(H,16,17,18). The quantitative estimate of drug-likeness (QED) is 0.625. The predicted molar refractivity (Wildman–Crippen MR) is 84.9 cm³/mol. The molecule has 0 saturated heterocycles. The van der Waals surface area contributed by atoms with Gasteiger partial charge in [-0.25, -0.2) is 9.97 Å². The first kappa shape index (κ1) is 14.6. The summed E-state index contributed by atoms with van der Waals surface area (Å²) in [5.41, 5.74) is 1.10. The second kappa shape index (κ2) is 7.12. The van der Waals surface area contributed by atoms with Crippen LogP contribution in [-0.2, 0) is 5.75 Å². The van der Waals surface area contributed by atoms with Gasteiger partial charge in [0.25, 0.3) is 0 Å². The van der Waals surface area contributed by atoms with E-state index in [1.165, 1.54) is 0 Å². The fourth-order valence-electron chi connectivity index (χ4n) is 1.46. The number of nitrogens with zero attached hydrogens (tertiary/aromatic N) is 2. The molecule has 1 aromatic carbocycles. The summed E-state index contributed by atoms with van der Waals surface area (Å²) in [6.45, 7) is 2.82. The fraction of sp³-hybridized carbons (Fsp3) is 0.231. The Morgan fingerprint density at radius 3 is 2.89 bits per heavy atom. The Morgan fingerprint density at radius 2 is 2.16 bits per heavy atom. The van der Waals surface area contributed by atoms with E-state index in [9.17, 15) is 0 Å². The van der Waals surface area contributed by atoms with Crippen LogP contribution in [0.15, 0.2) is 40.0 Å². The lowest BCUT2D eigenvalue weighted by atomic mass is 10.2. The van der Waals surface area contributed by atoms with E-state index in [1.54, 1.807) is 18.0 Å². The Balaban J connectivity index is 2.10. The van der Waals surface area contributed by atoms with E-state index >= 15 is 0 Å². The molecule has 3 nitrogen and oxygen atoms in total. The van der Waals surface area contributed by atoms with Gasteiger partial charge in [0.1, 0.15) is 5.03 Å². The van der Waals surface area contributed by atoms with Gasteiger partial charge in [-0.2, -0.15) is 0 Å². The van der Waals surface area contributed by atoms with Crippen LogP contribution in [0.5, 0.6) is 0 Å². The van der Waals surface area contributed by atoms with Crippen molar-refractivity contribution in [3.05, 3.63) is 45.5 Å². The van der Waals surface area contributed by atoms with E-state index in [0.717, 1.165) is 32.4 Å². The zero-order valence-corrected chi connectivity index (χ0v) is 13.5. The Labute approximate surface area is 130 Å². The highest BCUT2D eigenvalue weighted by Crippen LogP contribution is 2.30. The summed E-state index contributed by atoms with van der Waals surface area (Å²) in [5.74, 6) is 1.42. The van der Waals surface area contributed by atoms with Crippen LogP contribution in [0.2, 0.25) is 5.02 Å². The first-order chi connectivity index (χ1) is 9.20. The number of rotatable bonds is 5. The van der Waals surface area contributed by atoms with Gasteiger partial charge in [-0.1, -0.05) is 29.8 Å². The highest BCUT2D eigenvalue weighted by molar-refractivity contribution is 9.10. The van der Waals surface area contributed by atoms with Crippen LogP contribution in [0.4, 0.5) is 5.95 Å². The van der Waals surface area contributed by atoms with Crippen LogP contribution in [0.3, 0.4) is 0 Å². The van der Waals surface area contributed by atoms with Crippen molar-refractivity contribution in [1.29, 1.82) is 0 Å². The summed E-state index contributed by atoms with van der Waals surface area (Å²) in [7, 11) is 0. The minimum atomic E-state index is 0.646. The van der Waals surface area contributed by atoms with Crippen molar-refractivity contribution in [1.82, 2.24) is 9.97 Å². The summed E-state index contributed by atoms with van der Waals surface area (Å²) in [6.07, 6.45) is 1.76. The van der Waals surface area contributed by atoms with Gasteiger partial charge in [-0.05, 0) is 34.5 Å². The number of nitrogens with one attached hydrogen (secondary N) is 1.